The molecule has 3 N–H and O–H groups in total. The highest BCUT2D eigenvalue weighted by molar-refractivity contribution is 5.91. The molecule has 0 bridgehead atoms. The lowest BCUT2D eigenvalue weighted by atomic mass is 10.3. The van der Waals surface area contributed by atoms with Crippen molar-refractivity contribution in [3.63, 3.8) is 0 Å². The molecule has 1 fully saturated rings. The van der Waals surface area contributed by atoms with E-state index >= 15 is 0 Å². The number of carbonyl (C=O) groups is 1. The first-order valence-corrected chi connectivity index (χ1v) is 5.75. The molecular formula is C11H18N4O2. The third kappa shape index (κ3) is 3.04. The van der Waals surface area contributed by atoms with E-state index in [-0.39, 0.29) is 5.69 Å². The predicted molar refractivity (Wildman–Crippen MR) is 61.8 cm³/mol. The van der Waals surface area contributed by atoms with Gasteiger partial charge in [0, 0.05) is 12.6 Å². The molecule has 2 rings (SSSR count). The highest BCUT2D eigenvalue weighted by Gasteiger charge is 2.33. The van der Waals surface area contributed by atoms with Gasteiger partial charge in [0.15, 0.2) is 11.5 Å². The zero-order valence-corrected chi connectivity index (χ0v) is 10.1. The normalized spacial score (nSPS) is 22.8. The van der Waals surface area contributed by atoms with E-state index in [9.17, 15) is 4.79 Å². The number of nitrogens with one attached hydrogen (secondary N) is 1. The van der Waals surface area contributed by atoms with Crippen LogP contribution in [0.5, 0.6) is 0 Å². The third-order valence-corrected chi connectivity index (χ3v) is 3.17. The highest BCUT2D eigenvalue weighted by Crippen LogP contribution is 2.38. The molecule has 17 heavy (non-hydrogen) atoms. The number of hydrazine groups is 1. The molecule has 1 saturated carbocycles. The van der Waals surface area contributed by atoms with Crippen molar-refractivity contribution in [1.29, 1.82) is 0 Å². The van der Waals surface area contributed by atoms with Gasteiger partial charge in [-0.2, -0.15) is 0 Å². The van der Waals surface area contributed by atoms with Crippen molar-refractivity contribution in [1.82, 2.24) is 15.5 Å². The molecule has 6 nitrogen and oxygen atoms in total. The smallest absolute Gasteiger partial charge is 0.287 e. The minimum Gasteiger partial charge on any atom is -0.359 e. The second-order valence-corrected chi connectivity index (χ2v) is 4.82. The summed E-state index contributed by atoms with van der Waals surface area (Å²) in [5, 5.41) is 3.66. The van der Waals surface area contributed by atoms with Crippen LogP contribution in [0.25, 0.3) is 0 Å². The number of nitrogens with two attached hydrogens (primary N) is 1. The molecule has 1 aromatic rings. The van der Waals surface area contributed by atoms with Crippen molar-refractivity contribution >= 4 is 5.91 Å². The van der Waals surface area contributed by atoms with Crippen molar-refractivity contribution < 1.29 is 9.32 Å². The van der Waals surface area contributed by atoms with Gasteiger partial charge in [-0.25, -0.2) is 5.84 Å². The maximum atomic E-state index is 11.2. The zero-order chi connectivity index (χ0) is 12.4. The SMILES string of the molecule is CC1CC1CN(C)Cc1cc(C(=O)NN)no1. The number of hydrogen-bond acceptors (Lipinski definition) is 5. The van der Waals surface area contributed by atoms with Crippen LogP contribution in [0.1, 0.15) is 29.6 Å². The predicted octanol–water partition coefficient (Wildman–Crippen LogP) is 0.366. The van der Waals surface area contributed by atoms with Gasteiger partial charge in [0.2, 0.25) is 0 Å². The van der Waals surface area contributed by atoms with Crippen molar-refractivity contribution in [2.75, 3.05) is 13.6 Å². The molecule has 1 aliphatic carbocycles. The van der Waals surface area contributed by atoms with E-state index in [0.29, 0.717) is 12.3 Å². The third-order valence-electron chi connectivity index (χ3n) is 3.17. The Hall–Kier alpha value is -1.40. The van der Waals surface area contributed by atoms with E-state index < -0.39 is 5.91 Å². The lowest BCUT2D eigenvalue weighted by Gasteiger charge is -2.13. The van der Waals surface area contributed by atoms with Crippen LogP contribution >= 0.6 is 0 Å². The van der Waals surface area contributed by atoms with Gasteiger partial charge in [-0.05, 0) is 25.3 Å². The summed E-state index contributed by atoms with van der Waals surface area (Å²) in [7, 11) is 2.04. The van der Waals surface area contributed by atoms with Crippen LogP contribution in [0.2, 0.25) is 0 Å². The Morgan fingerprint density at radius 3 is 3.06 bits per heavy atom. The molecule has 1 amide bonds. The number of rotatable bonds is 5. The van der Waals surface area contributed by atoms with Crippen LogP contribution < -0.4 is 11.3 Å². The molecular weight excluding hydrogens is 220 g/mol. The van der Waals surface area contributed by atoms with Crippen LogP contribution in [0, 0.1) is 11.8 Å². The first-order valence-electron chi connectivity index (χ1n) is 5.75. The average Bonchev–Trinajstić information content (AvgIpc) is 2.80. The number of carbonyl (C=O) groups excluding carboxylic acids is 1. The number of nitrogen functional groups attached to an aromatic ring is 1. The Labute approximate surface area is 100 Å². The molecule has 94 valence electrons. The topological polar surface area (TPSA) is 84.4 Å². The van der Waals surface area contributed by atoms with Crippen molar-refractivity contribution in [2.24, 2.45) is 17.7 Å². The Kier molecular flexibility index (Phi) is 3.44. The summed E-state index contributed by atoms with van der Waals surface area (Å²) < 4.78 is 5.08. The molecule has 6 heteroatoms. The van der Waals surface area contributed by atoms with Gasteiger partial charge in [-0.15, -0.1) is 0 Å². The maximum Gasteiger partial charge on any atom is 0.287 e. The average molecular weight is 238 g/mol. The van der Waals surface area contributed by atoms with Gasteiger partial charge in [0.05, 0.1) is 6.54 Å². The molecule has 2 atom stereocenters. The minimum absolute atomic E-state index is 0.218. The highest BCUT2D eigenvalue weighted by atomic mass is 16.5. The van der Waals surface area contributed by atoms with E-state index in [0.717, 1.165) is 18.4 Å². The molecule has 1 heterocycles. The van der Waals surface area contributed by atoms with Crippen LogP contribution in [-0.4, -0.2) is 29.6 Å². The molecule has 1 aromatic heterocycles. The Balaban J connectivity index is 1.85. The van der Waals surface area contributed by atoms with Gasteiger partial charge in [-0.3, -0.25) is 15.1 Å². The monoisotopic (exact) mass is 238 g/mol. The molecule has 0 aliphatic heterocycles. The van der Waals surface area contributed by atoms with Crippen LogP contribution in [0.3, 0.4) is 0 Å². The van der Waals surface area contributed by atoms with Gasteiger partial charge in [0.25, 0.3) is 5.91 Å². The molecule has 0 saturated heterocycles. The summed E-state index contributed by atoms with van der Waals surface area (Å²) in [4.78, 5) is 13.4. The fourth-order valence-corrected chi connectivity index (χ4v) is 1.95. The first kappa shape index (κ1) is 12.1. The zero-order valence-electron chi connectivity index (χ0n) is 10.1. The summed E-state index contributed by atoms with van der Waals surface area (Å²) in [6.45, 7) is 3.98. The summed E-state index contributed by atoms with van der Waals surface area (Å²) in [5.41, 5.74) is 2.24. The minimum atomic E-state index is -0.432. The van der Waals surface area contributed by atoms with E-state index in [1.807, 2.05) is 12.5 Å². The van der Waals surface area contributed by atoms with Crippen LogP contribution in [0.15, 0.2) is 10.6 Å². The number of nitrogens with zero attached hydrogens (tertiary/aromatic N) is 2. The molecule has 1 aliphatic rings. The van der Waals surface area contributed by atoms with Crippen LogP contribution in [-0.2, 0) is 6.54 Å². The number of hydrogen-bond donors (Lipinski definition) is 2. The lowest BCUT2D eigenvalue weighted by Crippen LogP contribution is -2.30. The van der Waals surface area contributed by atoms with Gasteiger partial charge >= 0.3 is 0 Å². The standard InChI is InChI=1S/C11H18N4O2/c1-7-3-8(7)5-15(2)6-9-4-10(14-17-9)11(16)13-12/h4,7-8H,3,5-6,12H2,1-2H3,(H,13,16). The van der Waals surface area contributed by atoms with Crippen molar-refractivity contribution in [3.05, 3.63) is 17.5 Å². The molecule has 0 aromatic carbocycles. The first-order chi connectivity index (χ1) is 8.10. The number of aromatic nitrogens is 1. The summed E-state index contributed by atoms with van der Waals surface area (Å²) in [5.74, 6) is 6.90. The fourth-order valence-electron chi connectivity index (χ4n) is 1.95. The lowest BCUT2D eigenvalue weighted by molar-refractivity contribution is 0.0944. The number of amides is 1. The van der Waals surface area contributed by atoms with Gasteiger partial charge in [-0.1, -0.05) is 12.1 Å². The molecule has 0 radical (unpaired) electrons. The quantitative estimate of drug-likeness (QED) is 0.440. The van der Waals surface area contributed by atoms with E-state index in [4.69, 9.17) is 10.4 Å². The summed E-state index contributed by atoms with van der Waals surface area (Å²) in [6.07, 6.45) is 1.31. The van der Waals surface area contributed by atoms with Gasteiger partial charge < -0.3 is 4.52 Å². The molecule has 2 unspecified atom stereocenters. The van der Waals surface area contributed by atoms with Crippen molar-refractivity contribution in [2.45, 2.75) is 19.9 Å². The van der Waals surface area contributed by atoms with E-state index in [2.05, 4.69) is 17.0 Å². The maximum absolute atomic E-state index is 11.2. The van der Waals surface area contributed by atoms with E-state index in [1.165, 1.54) is 6.42 Å². The van der Waals surface area contributed by atoms with E-state index in [1.54, 1.807) is 6.07 Å². The summed E-state index contributed by atoms with van der Waals surface area (Å²) >= 11 is 0. The second kappa shape index (κ2) is 4.85. The fraction of sp³-hybridized carbons (Fsp3) is 0.636. The molecule has 0 spiro atoms. The van der Waals surface area contributed by atoms with Gasteiger partial charge in [0.1, 0.15) is 0 Å². The Bertz CT molecular complexity index is 404. The largest absolute Gasteiger partial charge is 0.359 e. The Morgan fingerprint density at radius 2 is 2.47 bits per heavy atom. The van der Waals surface area contributed by atoms with Crippen molar-refractivity contribution in [3.8, 4) is 0 Å². The Morgan fingerprint density at radius 1 is 1.76 bits per heavy atom. The summed E-state index contributed by atoms with van der Waals surface area (Å²) in [6, 6.07) is 1.62. The van der Waals surface area contributed by atoms with Crippen LogP contribution in [0.4, 0.5) is 0 Å². The second-order valence-electron chi connectivity index (χ2n) is 4.82.